The number of hydrogen-bond acceptors (Lipinski definition) is 3. The maximum Gasteiger partial charge on any atom is 0.337 e. The summed E-state index contributed by atoms with van der Waals surface area (Å²) < 4.78 is 0. The molecule has 0 spiro atoms. The number of nitrogens with one attached hydrogen (secondary N) is 2. The molecule has 0 saturated carbocycles. The molecule has 0 aromatic rings. The van der Waals surface area contributed by atoms with Crippen LogP contribution in [-0.2, 0) is 4.79 Å². The highest BCUT2D eigenvalue weighted by molar-refractivity contribution is 5.79. The SMILES string of the molecule is CC(C)C(CNC(=O)NCC(C)(O)C(=O)O)C(C)C. The van der Waals surface area contributed by atoms with Crippen LogP contribution in [0.15, 0.2) is 0 Å². The highest BCUT2D eigenvalue weighted by atomic mass is 16.4. The van der Waals surface area contributed by atoms with E-state index in [0.717, 1.165) is 6.92 Å². The van der Waals surface area contributed by atoms with Gasteiger partial charge < -0.3 is 20.8 Å². The zero-order valence-electron chi connectivity index (χ0n) is 12.4. The van der Waals surface area contributed by atoms with Crippen LogP contribution in [0.4, 0.5) is 4.79 Å². The normalized spacial score (nSPS) is 14.6. The average molecular weight is 274 g/mol. The Morgan fingerprint density at radius 2 is 1.58 bits per heavy atom. The fourth-order valence-electron chi connectivity index (χ4n) is 1.84. The second kappa shape index (κ2) is 7.33. The van der Waals surface area contributed by atoms with E-state index in [2.05, 4.69) is 38.3 Å². The average Bonchev–Trinajstić information content (AvgIpc) is 2.25. The Labute approximate surface area is 114 Å². The molecule has 0 aliphatic carbocycles. The molecule has 19 heavy (non-hydrogen) atoms. The molecule has 0 saturated heterocycles. The predicted octanol–water partition coefficient (Wildman–Crippen LogP) is 1.05. The molecule has 0 aliphatic heterocycles. The van der Waals surface area contributed by atoms with Gasteiger partial charge in [0.05, 0.1) is 6.54 Å². The highest BCUT2D eigenvalue weighted by Crippen LogP contribution is 2.19. The van der Waals surface area contributed by atoms with Crippen molar-refractivity contribution in [3.8, 4) is 0 Å². The van der Waals surface area contributed by atoms with Crippen molar-refractivity contribution in [1.82, 2.24) is 10.6 Å². The second-order valence-corrected chi connectivity index (χ2v) is 5.79. The van der Waals surface area contributed by atoms with Gasteiger partial charge >= 0.3 is 12.0 Å². The third-order valence-electron chi connectivity index (χ3n) is 3.26. The van der Waals surface area contributed by atoms with Crippen molar-refractivity contribution < 1.29 is 19.8 Å². The molecule has 1 unspecified atom stereocenters. The molecule has 6 nitrogen and oxygen atoms in total. The van der Waals surface area contributed by atoms with Gasteiger partial charge in [0, 0.05) is 6.54 Å². The molecule has 6 heteroatoms. The summed E-state index contributed by atoms with van der Waals surface area (Å²) in [7, 11) is 0. The lowest BCUT2D eigenvalue weighted by atomic mass is 9.85. The van der Waals surface area contributed by atoms with Crippen LogP contribution >= 0.6 is 0 Å². The van der Waals surface area contributed by atoms with Crippen molar-refractivity contribution in [3.05, 3.63) is 0 Å². The van der Waals surface area contributed by atoms with E-state index < -0.39 is 17.6 Å². The van der Waals surface area contributed by atoms with Gasteiger partial charge in [-0.1, -0.05) is 27.7 Å². The number of carbonyl (C=O) groups excluding carboxylic acids is 1. The van der Waals surface area contributed by atoms with Crippen molar-refractivity contribution in [2.45, 2.75) is 40.2 Å². The Morgan fingerprint density at radius 1 is 1.11 bits per heavy atom. The number of carbonyl (C=O) groups is 2. The van der Waals surface area contributed by atoms with Crippen LogP contribution in [0.3, 0.4) is 0 Å². The monoisotopic (exact) mass is 274 g/mol. The summed E-state index contributed by atoms with van der Waals surface area (Å²) in [4.78, 5) is 22.2. The number of aliphatic carboxylic acids is 1. The maximum atomic E-state index is 11.5. The quantitative estimate of drug-likeness (QED) is 0.557. The summed E-state index contributed by atoms with van der Waals surface area (Å²) in [6, 6.07) is -0.465. The Morgan fingerprint density at radius 3 is 1.95 bits per heavy atom. The molecule has 0 heterocycles. The molecule has 0 rings (SSSR count). The minimum absolute atomic E-state index is 0.331. The van der Waals surface area contributed by atoms with Gasteiger partial charge in [0.25, 0.3) is 0 Å². The number of urea groups is 1. The van der Waals surface area contributed by atoms with Gasteiger partial charge in [-0.15, -0.1) is 0 Å². The number of hydrogen-bond donors (Lipinski definition) is 4. The molecular weight excluding hydrogens is 248 g/mol. The lowest BCUT2D eigenvalue weighted by Gasteiger charge is -2.25. The summed E-state index contributed by atoms with van der Waals surface area (Å²) >= 11 is 0. The first kappa shape index (κ1) is 17.7. The van der Waals surface area contributed by atoms with E-state index in [1.165, 1.54) is 0 Å². The zero-order chi connectivity index (χ0) is 15.2. The highest BCUT2D eigenvalue weighted by Gasteiger charge is 2.30. The van der Waals surface area contributed by atoms with Gasteiger partial charge in [0.15, 0.2) is 5.60 Å². The fraction of sp³-hybridized carbons (Fsp3) is 0.846. The number of amides is 2. The number of carboxylic acids is 1. The van der Waals surface area contributed by atoms with Gasteiger partial charge in [-0.3, -0.25) is 0 Å². The largest absolute Gasteiger partial charge is 0.479 e. The molecule has 112 valence electrons. The lowest BCUT2D eigenvalue weighted by molar-refractivity contribution is -0.155. The summed E-state index contributed by atoms with van der Waals surface area (Å²) in [6.45, 7) is 9.72. The maximum absolute atomic E-state index is 11.5. The van der Waals surface area contributed by atoms with E-state index in [-0.39, 0.29) is 6.54 Å². The molecule has 0 aromatic carbocycles. The van der Waals surface area contributed by atoms with E-state index in [1.807, 2.05) is 0 Å². The number of carboxylic acid groups (broad SMARTS) is 1. The zero-order valence-corrected chi connectivity index (χ0v) is 12.4. The van der Waals surface area contributed by atoms with E-state index in [0.29, 0.717) is 24.3 Å². The molecule has 0 radical (unpaired) electrons. The topological polar surface area (TPSA) is 98.7 Å². The summed E-state index contributed by atoms with van der Waals surface area (Å²) in [5.74, 6) is -0.120. The van der Waals surface area contributed by atoms with Crippen molar-refractivity contribution >= 4 is 12.0 Å². The number of rotatable bonds is 7. The lowest BCUT2D eigenvalue weighted by Crippen LogP contribution is -2.50. The second-order valence-electron chi connectivity index (χ2n) is 5.79. The fourth-order valence-corrected chi connectivity index (χ4v) is 1.84. The van der Waals surface area contributed by atoms with E-state index in [1.54, 1.807) is 0 Å². The molecule has 0 aliphatic rings. The number of aliphatic hydroxyl groups is 1. The molecular formula is C13H26N2O4. The minimum Gasteiger partial charge on any atom is -0.479 e. The molecule has 2 amide bonds. The molecule has 0 aromatic heterocycles. The predicted molar refractivity (Wildman–Crippen MR) is 72.8 cm³/mol. The van der Waals surface area contributed by atoms with Crippen LogP contribution in [0.2, 0.25) is 0 Å². The van der Waals surface area contributed by atoms with Gasteiger partial charge in [0.1, 0.15) is 0 Å². The van der Waals surface area contributed by atoms with Crippen LogP contribution in [0.25, 0.3) is 0 Å². The third kappa shape index (κ3) is 6.42. The minimum atomic E-state index is -1.95. The van der Waals surface area contributed by atoms with E-state index in [9.17, 15) is 14.7 Å². The van der Waals surface area contributed by atoms with E-state index in [4.69, 9.17) is 5.11 Å². The Kier molecular flexibility index (Phi) is 6.83. The van der Waals surface area contributed by atoms with Crippen LogP contribution in [0, 0.1) is 17.8 Å². The van der Waals surface area contributed by atoms with E-state index >= 15 is 0 Å². The van der Waals surface area contributed by atoms with Crippen LogP contribution < -0.4 is 10.6 Å². The van der Waals surface area contributed by atoms with Gasteiger partial charge in [0.2, 0.25) is 0 Å². The van der Waals surface area contributed by atoms with Crippen LogP contribution in [0.5, 0.6) is 0 Å². The molecule has 4 N–H and O–H groups in total. The van der Waals surface area contributed by atoms with Crippen LogP contribution in [-0.4, -0.2) is 40.9 Å². The van der Waals surface area contributed by atoms with Crippen molar-refractivity contribution in [2.75, 3.05) is 13.1 Å². The first-order valence-corrected chi connectivity index (χ1v) is 6.55. The Balaban J connectivity index is 4.16. The van der Waals surface area contributed by atoms with Crippen LogP contribution in [0.1, 0.15) is 34.6 Å². The van der Waals surface area contributed by atoms with Crippen molar-refractivity contribution in [1.29, 1.82) is 0 Å². The Hall–Kier alpha value is -1.30. The Bertz CT molecular complexity index is 306. The first-order valence-electron chi connectivity index (χ1n) is 6.55. The smallest absolute Gasteiger partial charge is 0.337 e. The molecule has 0 bridgehead atoms. The summed E-state index contributed by atoms with van der Waals surface area (Å²) in [6.07, 6.45) is 0. The molecule has 1 atom stereocenters. The standard InChI is InChI=1S/C13H26N2O4/c1-8(2)10(9(3)4)6-14-12(18)15-7-13(5,19)11(16)17/h8-10,19H,6-7H2,1-5H3,(H,16,17)(H2,14,15,18). The first-order chi connectivity index (χ1) is 8.58. The third-order valence-corrected chi connectivity index (χ3v) is 3.26. The van der Waals surface area contributed by atoms with Gasteiger partial charge in [-0.2, -0.15) is 0 Å². The molecule has 0 fully saturated rings. The summed E-state index contributed by atoms with van der Waals surface area (Å²) in [5.41, 5.74) is -1.95. The summed E-state index contributed by atoms with van der Waals surface area (Å²) in [5, 5.41) is 23.2. The van der Waals surface area contributed by atoms with Crippen molar-refractivity contribution in [3.63, 3.8) is 0 Å². The van der Waals surface area contributed by atoms with Crippen molar-refractivity contribution in [2.24, 2.45) is 17.8 Å². The van der Waals surface area contributed by atoms with Gasteiger partial charge in [-0.25, -0.2) is 9.59 Å². The van der Waals surface area contributed by atoms with Gasteiger partial charge in [-0.05, 0) is 24.7 Å².